The fraction of sp³-hybridized carbons (Fsp3) is 0.158. The highest BCUT2D eigenvalue weighted by Crippen LogP contribution is 2.20. The lowest BCUT2D eigenvalue weighted by Gasteiger charge is -2.14. The Morgan fingerprint density at radius 3 is 2.62 bits per heavy atom. The molecule has 122 valence electrons. The van der Waals surface area contributed by atoms with Crippen LogP contribution in [0.1, 0.15) is 17.3 Å². The molecule has 5 heteroatoms. The minimum Gasteiger partial charge on any atom is -0.348 e. The zero-order valence-corrected chi connectivity index (χ0v) is 13.3. The molecule has 1 heterocycles. The summed E-state index contributed by atoms with van der Waals surface area (Å²) in [6.45, 7) is 2.54. The lowest BCUT2D eigenvalue weighted by atomic mass is 10.0. The van der Waals surface area contributed by atoms with Gasteiger partial charge in [0.2, 0.25) is 0 Å². The molecule has 4 nitrogen and oxygen atoms in total. The van der Waals surface area contributed by atoms with Crippen LogP contribution in [0.15, 0.2) is 67.0 Å². The minimum absolute atomic E-state index is 0.0414. The molecule has 0 saturated carbocycles. The maximum absolute atomic E-state index is 13.3. The monoisotopic (exact) mass is 323 g/mol. The van der Waals surface area contributed by atoms with E-state index in [1.165, 1.54) is 12.1 Å². The summed E-state index contributed by atoms with van der Waals surface area (Å²) >= 11 is 0. The number of carbonyl (C=O) groups excluding carboxylic acids is 1. The van der Waals surface area contributed by atoms with Gasteiger partial charge in [-0.3, -0.25) is 9.48 Å². The smallest absolute Gasteiger partial charge is 0.251 e. The molecule has 0 radical (unpaired) electrons. The van der Waals surface area contributed by atoms with Gasteiger partial charge in [0.05, 0.1) is 6.54 Å². The molecule has 0 saturated heterocycles. The number of amides is 1. The van der Waals surface area contributed by atoms with E-state index >= 15 is 0 Å². The van der Waals surface area contributed by atoms with Crippen LogP contribution in [-0.2, 0) is 6.54 Å². The number of benzene rings is 2. The van der Waals surface area contributed by atoms with Crippen LogP contribution in [0.4, 0.5) is 4.39 Å². The molecule has 0 fully saturated rings. The molecule has 1 atom stereocenters. The molecule has 1 amide bonds. The second kappa shape index (κ2) is 7.08. The molecule has 24 heavy (non-hydrogen) atoms. The second-order valence-corrected chi connectivity index (χ2v) is 5.69. The van der Waals surface area contributed by atoms with Crippen LogP contribution < -0.4 is 5.32 Å². The quantitative estimate of drug-likeness (QED) is 0.781. The van der Waals surface area contributed by atoms with Gasteiger partial charge < -0.3 is 5.32 Å². The highest BCUT2D eigenvalue weighted by Gasteiger charge is 2.10. The number of aromatic nitrogens is 2. The molecule has 1 N–H and O–H groups in total. The minimum atomic E-state index is -0.276. The summed E-state index contributed by atoms with van der Waals surface area (Å²) in [5.41, 5.74) is 2.23. The summed E-state index contributed by atoms with van der Waals surface area (Å²) in [5, 5.41) is 7.07. The maximum atomic E-state index is 13.3. The van der Waals surface area contributed by atoms with Crippen molar-refractivity contribution in [1.82, 2.24) is 15.1 Å². The molecular formula is C19H18FN3O. The van der Waals surface area contributed by atoms with Gasteiger partial charge in [-0.25, -0.2) is 4.39 Å². The van der Waals surface area contributed by atoms with Crippen LogP contribution >= 0.6 is 0 Å². The first kappa shape index (κ1) is 15.9. The topological polar surface area (TPSA) is 46.9 Å². The van der Waals surface area contributed by atoms with Crippen LogP contribution in [0.3, 0.4) is 0 Å². The first-order valence-corrected chi connectivity index (χ1v) is 7.76. The normalized spacial score (nSPS) is 11.9. The van der Waals surface area contributed by atoms with E-state index in [2.05, 4.69) is 10.4 Å². The number of nitrogens with zero attached hydrogens (tertiary/aromatic N) is 2. The number of hydrogen-bond donors (Lipinski definition) is 1. The van der Waals surface area contributed by atoms with E-state index in [0.717, 1.165) is 11.1 Å². The van der Waals surface area contributed by atoms with Crippen LogP contribution in [0, 0.1) is 5.82 Å². The van der Waals surface area contributed by atoms with Crippen molar-refractivity contribution in [3.63, 3.8) is 0 Å². The molecule has 0 aliphatic rings. The SMILES string of the molecule is C[C@@H](Cn1cccn1)NC(=O)c1ccc(-c2cccc(F)c2)cc1. The van der Waals surface area contributed by atoms with Crippen LogP contribution in [0.2, 0.25) is 0 Å². The zero-order valence-electron chi connectivity index (χ0n) is 13.3. The Bertz CT molecular complexity index is 813. The fourth-order valence-corrected chi connectivity index (χ4v) is 2.52. The van der Waals surface area contributed by atoms with E-state index < -0.39 is 0 Å². The first-order valence-electron chi connectivity index (χ1n) is 7.76. The highest BCUT2D eigenvalue weighted by atomic mass is 19.1. The van der Waals surface area contributed by atoms with E-state index in [0.29, 0.717) is 12.1 Å². The van der Waals surface area contributed by atoms with E-state index in [1.807, 2.05) is 37.4 Å². The molecule has 2 aromatic carbocycles. The van der Waals surface area contributed by atoms with E-state index in [1.54, 1.807) is 29.1 Å². The number of hydrogen-bond acceptors (Lipinski definition) is 2. The number of rotatable bonds is 5. The van der Waals surface area contributed by atoms with Gasteiger partial charge >= 0.3 is 0 Å². The molecule has 0 aliphatic heterocycles. The second-order valence-electron chi connectivity index (χ2n) is 5.69. The van der Waals surface area contributed by atoms with Crippen LogP contribution in [0.5, 0.6) is 0 Å². The molecule has 0 bridgehead atoms. The van der Waals surface area contributed by atoms with Crippen molar-refractivity contribution in [2.24, 2.45) is 0 Å². The van der Waals surface area contributed by atoms with Gasteiger partial charge in [0.1, 0.15) is 5.82 Å². The Balaban J connectivity index is 1.65. The Hall–Kier alpha value is -2.95. The van der Waals surface area contributed by atoms with Gasteiger partial charge in [-0.05, 0) is 48.4 Å². The highest BCUT2D eigenvalue weighted by molar-refractivity contribution is 5.94. The average Bonchev–Trinajstić information content (AvgIpc) is 3.07. The van der Waals surface area contributed by atoms with Gasteiger partial charge in [0, 0.05) is 24.0 Å². The van der Waals surface area contributed by atoms with Crippen molar-refractivity contribution in [3.8, 4) is 11.1 Å². The molecule has 3 aromatic rings. The number of carbonyl (C=O) groups is 1. The summed E-state index contributed by atoms with van der Waals surface area (Å²) in [6.07, 6.45) is 3.57. The predicted molar refractivity (Wildman–Crippen MR) is 91.0 cm³/mol. The molecular weight excluding hydrogens is 305 g/mol. The number of halogens is 1. The molecule has 1 aromatic heterocycles. The Kier molecular flexibility index (Phi) is 4.70. The molecule has 0 spiro atoms. The van der Waals surface area contributed by atoms with Crippen LogP contribution in [-0.4, -0.2) is 21.7 Å². The third-order valence-electron chi connectivity index (χ3n) is 3.70. The zero-order chi connectivity index (χ0) is 16.9. The van der Waals surface area contributed by atoms with Gasteiger partial charge in [0.15, 0.2) is 0 Å². The number of nitrogens with one attached hydrogen (secondary N) is 1. The summed E-state index contributed by atoms with van der Waals surface area (Å²) in [6, 6.07) is 15.3. The Morgan fingerprint density at radius 1 is 1.17 bits per heavy atom. The van der Waals surface area contributed by atoms with Gasteiger partial charge in [0.25, 0.3) is 5.91 Å². The summed E-state index contributed by atoms with van der Waals surface area (Å²) in [5.74, 6) is -0.415. The van der Waals surface area contributed by atoms with Gasteiger partial charge in [-0.1, -0.05) is 24.3 Å². The largest absolute Gasteiger partial charge is 0.348 e. The summed E-state index contributed by atoms with van der Waals surface area (Å²) in [7, 11) is 0. The Labute approximate surface area is 139 Å². The van der Waals surface area contributed by atoms with E-state index in [9.17, 15) is 9.18 Å². The van der Waals surface area contributed by atoms with Gasteiger partial charge in [-0.2, -0.15) is 5.10 Å². The lowest BCUT2D eigenvalue weighted by molar-refractivity contribution is 0.0936. The van der Waals surface area contributed by atoms with Crippen molar-refractivity contribution in [3.05, 3.63) is 78.4 Å². The average molecular weight is 323 g/mol. The maximum Gasteiger partial charge on any atom is 0.251 e. The standard InChI is InChI=1S/C19H18FN3O/c1-14(13-23-11-3-10-21-23)22-19(24)16-8-6-15(7-9-16)17-4-2-5-18(20)12-17/h2-12,14H,13H2,1H3,(H,22,24)/t14-/m0/s1. The van der Waals surface area contributed by atoms with Crippen molar-refractivity contribution >= 4 is 5.91 Å². The summed E-state index contributed by atoms with van der Waals surface area (Å²) in [4.78, 5) is 12.3. The van der Waals surface area contributed by atoms with Gasteiger partial charge in [-0.15, -0.1) is 0 Å². The molecule has 0 aliphatic carbocycles. The third kappa shape index (κ3) is 3.87. The predicted octanol–water partition coefficient (Wildman–Crippen LogP) is 3.51. The fourth-order valence-electron chi connectivity index (χ4n) is 2.52. The molecule has 3 rings (SSSR count). The summed E-state index contributed by atoms with van der Waals surface area (Å²) < 4.78 is 15.1. The van der Waals surface area contributed by atoms with Crippen molar-refractivity contribution in [1.29, 1.82) is 0 Å². The lowest BCUT2D eigenvalue weighted by Crippen LogP contribution is -2.35. The van der Waals surface area contributed by atoms with E-state index in [-0.39, 0.29) is 17.8 Å². The van der Waals surface area contributed by atoms with Crippen molar-refractivity contribution in [2.45, 2.75) is 19.5 Å². The van der Waals surface area contributed by atoms with Crippen molar-refractivity contribution < 1.29 is 9.18 Å². The first-order chi connectivity index (χ1) is 11.6. The van der Waals surface area contributed by atoms with Crippen LogP contribution in [0.25, 0.3) is 11.1 Å². The third-order valence-corrected chi connectivity index (χ3v) is 3.70. The van der Waals surface area contributed by atoms with E-state index in [4.69, 9.17) is 0 Å². The molecule has 0 unspecified atom stereocenters. The Morgan fingerprint density at radius 2 is 1.96 bits per heavy atom. The van der Waals surface area contributed by atoms with Crippen molar-refractivity contribution in [2.75, 3.05) is 0 Å².